The van der Waals surface area contributed by atoms with Crippen LogP contribution in [0.1, 0.15) is 38.5 Å². The second-order valence-corrected chi connectivity index (χ2v) is 5.40. The zero-order chi connectivity index (χ0) is 13.7. The van der Waals surface area contributed by atoms with Crippen LogP contribution in [0.25, 0.3) is 0 Å². The minimum absolute atomic E-state index is 0.112. The summed E-state index contributed by atoms with van der Waals surface area (Å²) in [5, 5.41) is 0.282. The van der Waals surface area contributed by atoms with Gasteiger partial charge in [0, 0.05) is 12.8 Å². The van der Waals surface area contributed by atoms with Crippen LogP contribution in [0, 0.1) is 0 Å². The molecule has 17 heavy (non-hydrogen) atoms. The molecule has 2 N–H and O–H groups in total. The van der Waals surface area contributed by atoms with Crippen LogP contribution in [-0.4, -0.2) is 19.8 Å². The van der Waals surface area contributed by atoms with Crippen LogP contribution in [0.3, 0.4) is 0 Å². The third-order valence-corrected chi connectivity index (χ3v) is 3.13. The highest BCUT2D eigenvalue weighted by Gasteiger charge is 2.41. The van der Waals surface area contributed by atoms with Crippen molar-refractivity contribution in [2.45, 2.75) is 50.0 Å². The monoisotopic (exact) mass is 283 g/mol. The molecule has 0 unspecified atom stereocenters. The Morgan fingerprint density at radius 2 is 1.24 bits per heavy atom. The zero-order valence-corrected chi connectivity index (χ0v) is 9.75. The summed E-state index contributed by atoms with van der Waals surface area (Å²) in [4.78, 5) is 0. The molecular formula is C8H14F5NO2S. The van der Waals surface area contributed by atoms with E-state index in [1.807, 2.05) is 0 Å². The molecule has 0 aromatic carbocycles. The van der Waals surface area contributed by atoms with Crippen LogP contribution in [0.4, 0.5) is 22.0 Å². The highest BCUT2D eigenvalue weighted by molar-refractivity contribution is 7.90. The molecule has 0 aliphatic rings. The Morgan fingerprint density at radius 1 is 0.824 bits per heavy atom. The van der Waals surface area contributed by atoms with E-state index in [1.54, 1.807) is 0 Å². The molecule has 0 saturated carbocycles. The zero-order valence-electron chi connectivity index (χ0n) is 8.93. The van der Waals surface area contributed by atoms with Crippen molar-refractivity contribution in [3.63, 3.8) is 0 Å². The van der Waals surface area contributed by atoms with Gasteiger partial charge in [0.15, 0.2) is 0 Å². The summed E-state index contributed by atoms with van der Waals surface area (Å²) >= 11 is 0. The van der Waals surface area contributed by atoms with E-state index in [1.165, 1.54) is 0 Å². The van der Waals surface area contributed by atoms with E-state index in [0.29, 0.717) is 0 Å². The van der Waals surface area contributed by atoms with Crippen LogP contribution in [0.15, 0.2) is 0 Å². The van der Waals surface area contributed by atoms with Crippen molar-refractivity contribution in [2.75, 3.05) is 0 Å². The van der Waals surface area contributed by atoms with Gasteiger partial charge >= 0.3 is 11.4 Å². The molecule has 0 saturated heterocycles. The fourth-order valence-electron chi connectivity index (χ4n) is 1.15. The van der Waals surface area contributed by atoms with E-state index in [4.69, 9.17) is 0 Å². The molecule has 0 aliphatic carbocycles. The Labute approximate surface area is 96.2 Å². The van der Waals surface area contributed by atoms with Gasteiger partial charge in [0.1, 0.15) is 0 Å². The maximum atomic E-state index is 12.7. The molecule has 0 fully saturated rings. The lowest BCUT2D eigenvalue weighted by Gasteiger charge is -2.13. The predicted molar refractivity (Wildman–Crippen MR) is 51.8 cm³/mol. The Bertz CT molecular complexity index is 325. The molecule has 104 valence electrons. The highest BCUT2D eigenvalue weighted by atomic mass is 32.2. The SMILES string of the molecule is NS(=O)(=O)C(F)(F)CCCCCCC(F)(F)F. The van der Waals surface area contributed by atoms with Gasteiger partial charge in [-0.15, -0.1) is 0 Å². The summed E-state index contributed by atoms with van der Waals surface area (Å²) in [6.07, 6.45) is -6.26. The van der Waals surface area contributed by atoms with E-state index in [9.17, 15) is 30.4 Å². The smallest absolute Gasteiger partial charge is 0.223 e. The average molecular weight is 283 g/mol. The first-order valence-electron chi connectivity index (χ1n) is 4.93. The van der Waals surface area contributed by atoms with Gasteiger partial charge in [0.2, 0.25) is 0 Å². The molecule has 0 aliphatic heterocycles. The lowest BCUT2D eigenvalue weighted by atomic mass is 10.1. The van der Waals surface area contributed by atoms with Gasteiger partial charge in [-0.3, -0.25) is 0 Å². The Kier molecular flexibility index (Phi) is 5.79. The van der Waals surface area contributed by atoms with Crippen molar-refractivity contribution in [3.05, 3.63) is 0 Å². The van der Waals surface area contributed by atoms with Crippen molar-refractivity contribution >= 4 is 10.0 Å². The first kappa shape index (κ1) is 16.6. The van der Waals surface area contributed by atoms with E-state index >= 15 is 0 Å². The summed E-state index contributed by atoms with van der Waals surface area (Å²) in [5.41, 5.74) is 0. The number of nitrogens with two attached hydrogens (primary N) is 1. The molecule has 0 atom stereocenters. The first-order valence-corrected chi connectivity index (χ1v) is 6.47. The van der Waals surface area contributed by atoms with Crippen molar-refractivity contribution < 1.29 is 30.4 Å². The molecule has 0 rings (SSSR count). The summed E-state index contributed by atoms with van der Waals surface area (Å²) in [5.74, 6) is 0. The number of alkyl halides is 5. The van der Waals surface area contributed by atoms with Crippen molar-refractivity contribution in [1.82, 2.24) is 0 Å². The quantitative estimate of drug-likeness (QED) is 0.577. The number of hydrogen-bond donors (Lipinski definition) is 1. The number of unbranched alkanes of at least 4 members (excludes halogenated alkanes) is 3. The van der Waals surface area contributed by atoms with Gasteiger partial charge in [-0.05, 0) is 12.8 Å². The number of primary sulfonamides is 1. The van der Waals surface area contributed by atoms with Gasteiger partial charge in [0.25, 0.3) is 10.0 Å². The fraction of sp³-hybridized carbons (Fsp3) is 1.00. The van der Waals surface area contributed by atoms with Crippen LogP contribution >= 0.6 is 0 Å². The van der Waals surface area contributed by atoms with E-state index < -0.39 is 34.3 Å². The maximum Gasteiger partial charge on any atom is 0.389 e. The highest BCUT2D eigenvalue weighted by Crippen LogP contribution is 2.27. The molecule has 0 radical (unpaired) electrons. The Hall–Kier alpha value is -0.440. The Balaban J connectivity index is 3.73. The topological polar surface area (TPSA) is 60.2 Å². The summed E-state index contributed by atoms with van der Waals surface area (Å²) < 4.78 is 81.3. The third-order valence-electron chi connectivity index (χ3n) is 2.09. The van der Waals surface area contributed by atoms with E-state index in [-0.39, 0.29) is 25.7 Å². The maximum absolute atomic E-state index is 12.7. The molecule has 3 nitrogen and oxygen atoms in total. The summed E-state index contributed by atoms with van der Waals surface area (Å²) in [6.45, 7) is 0. The van der Waals surface area contributed by atoms with Gasteiger partial charge in [-0.25, -0.2) is 13.6 Å². The number of hydrogen-bond acceptors (Lipinski definition) is 2. The predicted octanol–water partition coefficient (Wildman–Crippen LogP) is 2.77. The molecule has 0 aromatic rings. The van der Waals surface area contributed by atoms with Gasteiger partial charge in [0.05, 0.1) is 0 Å². The third kappa shape index (κ3) is 7.48. The lowest BCUT2D eigenvalue weighted by Crippen LogP contribution is -2.34. The van der Waals surface area contributed by atoms with Gasteiger partial charge in [-0.2, -0.15) is 22.0 Å². The van der Waals surface area contributed by atoms with Crippen molar-refractivity contribution in [2.24, 2.45) is 5.14 Å². The van der Waals surface area contributed by atoms with E-state index in [0.717, 1.165) is 0 Å². The first-order chi connectivity index (χ1) is 7.46. The minimum Gasteiger partial charge on any atom is -0.223 e. The molecule has 0 heterocycles. The second kappa shape index (κ2) is 5.94. The average Bonchev–Trinajstić information content (AvgIpc) is 2.07. The lowest BCUT2D eigenvalue weighted by molar-refractivity contribution is -0.135. The second-order valence-electron chi connectivity index (χ2n) is 3.71. The van der Waals surface area contributed by atoms with Crippen molar-refractivity contribution in [3.8, 4) is 0 Å². The number of sulfonamides is 1. The minimum atomic E-state index is -4.93. The van der Waals surface area contributed by atoms with Gasteiger partial charge < -0.3 is 0 Å². The molecule has 0 spiro atoms. The molecular weight excluding hydrogens is 269 g/mol. The summed E-state index contributed by atoms with van der Waals surface area (Å²) in [6, 6.07) is 0. The van der Waals surface area contributed by atoms with Crippen molar-refractivity contribution in [1.29, 1.82) is 0 Å². The van der Waals surface area contributed by atoms with Crippen LogP contribution in [0.2, 0.25) is 0 Å². The van der Waals surface area contributed by atoms with Crippen LogP contribution < -0.4 is 5.14 Å². The largest absolute Gasteiger partial charge is 0.389 e. The standard InChI is InChI=1S/C8H14F5NO2S/c9-7(10,11)5-3-1-2-4-6-8(12,13)17(14,15)16/h1-6H2,(H2,14,15,16). The fourth-order valence-corrected chi connectivity index (χ4v) is 1.58. The molecule has 0 amide bonds. The molecule has 0 aromatic heterocycles. The molecule has 0 bridgehead atoms. The normalized spacial score (nSPS) is 14.0. The number of halogens is 5. The molecule has 9 heteroatoms. The summed E-state index contributed by atoms with van der Waals surface area (Å²) in [7, 11) is -4.93. The van der Waals surface area contributed by atoms with Gasteiger partial charge in [-0.1, -0.05) is 12.8 Å². The van der Waals surface area contributed by atoms with E-state index in [2.05, 4.69) is 5.14 Å². The Morgan fingerprint density at radius 3 is 1.59 bits per heavy atom. The van der Waals surface area contributed by atoms with Crippen LogP contribution in [-0.2, 0) is 10.0 Å². The number of rotatable bonds is 7. The van der Waals surface area contributed by atoms with Crippen LogP contribution in [0.5, 0.6) is 0 Å².